The highest BCUT2D eigenvalue weighted by Crippen LogP contribution is 2.24. The number of hydrogen-bond acceptors (Lipinski definition) is 5. The zero-order chi connectivity index (χ0) is 30.9. The van der Waals surface area contributed by atoms with Crippen LogP contribution in [-0.4, -0.2) is 91.7 Å². The molecule has 2 heterocycles. The number of ether oxygens (including phenoxy) is 1. The first kappa shape index (κ1) is 31.4. The van der Waals surface area contributed by atoms with Crippen molar-refractivity contribution >= 4 is 17.9 Å². The number of likely N-dealkylation sites (N-methyl/N-ethyl adjacent to an activating group) is 1. The molecule has 44 heavy (non-hydrogen) atoms. The van der Waals surface area contributed by atoms with E-state index in [-0.39, 0.29) is 30.1 Å². The van der Waals surface area contributed by atoms with E-state index in [0.29, 0.717) is 17.7 Å². The van der Waals surface area contributed by atoms with Crippen molar-refractivity contribution in [3.8, 4) is 0 Å². The van der Waals surface area contributed by atoms with Crippen molar-refractivity contribution < 1.29 is 23.6 Å². The van der Waals surface area contributed by atoms with E-state index in [2.05, 4.69) is 24.3 Å². The van der Waals surface area contributed by atoms with Crippen molar-refractivity contribution in [1.29, 1.82) is 0 Å². The first-order valence-corrected chi connectivity index (χ1v) is 15.9. The molecule has 1 saturated heterocycles. The second kappa shape index (κ2) is 14.6. The number of benzene rings is 3. The second-order valence-electron chi connectivity index (χ2n) is 12.6. The van der Waals surface area contributed by atoms with Crippen molar-refractivity contribution in [3.05, 3.63) is 107 Å². The molecular weight excluding hydrogens is 552 g/mol. The van der Waals surface area contributed by atoms with Crippen molar-refractivity contribution in [3.63, 3.8) is 0 Å². The predicted molar refractivity (Wildman–Crippen MR) is 171 cm³/mol. The maximum Gasteiger partial charge on any atom is 0.408 e. The number of likely N-dealkylation sites (tertiary alicyclic amines) is 1. The highest BCUT2D eigenvalue weighted by molar-refractivity contribution is 6.21. The minimum absolute atomic E-state index is 0.0706. The van der Waals surface area contributed by atoms with Gasteiger partial charge in [0.05, 0.1) is 50.9 Å². The Kier molecular flexibility index (Phi) is 10.5. The van der Waals surface area contributed by atoms with E-state index >= 15 is 0 Å². The van der Waals surface area contributed by atoms with Gasteiger partial charge in [0.25, 0.3) is 11.8 Å². The molecule has 8 heteroatoms. The molecule has 0 radical (unpaired) electrons. The summed E-state index contributed by atoms with van der Waals surface area (Å²) < 4.78 is 6.63. The van der Waals surface area contributed by atoms with Gasteiger partial charge in [-0.1, -0.05) is 72.8 Å². The first-order chi connectivity index (χ1) is 21.3. The van der Waals surface area contributed by atoms with Crippen molar-refractivity contribution in [2.24, 2.45) is 0 Å². The van der Waals surface area contributed by atoms with Crippen molar-refractivity contribution in [1.82, 2.24) is 15.1 Å². The Bertz CT molecular complexity index is 1330. The minimum Gasteiger partial charge on any atom is -0.446 e. The minimum atomic E-state index is -0.370. The van der Waals surface area contributed by atoms with Crippen LogP contribution in [0, 0.1) is 0 Å². The molecule has 3 amide bonds. The van der Waals surface area contributed by atoms with Gasteiger partial charge in [0.1, 0.15) is 6.10 Å². The molecule has 0 aromatic heterocycles. The molecule has 3 aromatic rings. The predicted octanol–water partition coefficient (Wildman–Crippen LogP) is 5.51. The molecule has 0 aliphatic carbocycles. The number of nitrogens with zero attached hydrogens (tertiary/aromatic N) is 3. The van der Waals surface area contributed by atoms with Gasteiger partial charge in [-0.25, -0.2) is 4.79 Å². The fourth-order valence-corrected chi connectivity index (χ4v) is 6.18. The smallest absolute Gasteiger partial charge is 0.408 e. The second-order valence-corrected chi connectivity index (χ2v) is 12.6. The van der Waals surface area contributed by atoms with Gasteiger partial charge in [0.15, 0.2) is 0 Å². The number of nitrogens with one attached hydrogen (secondary N) is 1. The van der Waals surface area contributed by atoms with E-state index in [1.807, 2.05) is 60.7 Å². The molecule has 1 fully saturated rings. The van der Waals surface area contributed by atoms with Gasteiger partial charge >= 0.3 is 6.09 Å². The van der Waals surface area contributed by atoms with E-state index in [0.717, 1.165) is 80.4 Å². The maximum absolute atomic E-state index is 12.9. The third kappa shape index (κ3) is 8.12. The van der Waals surface area contributed by atoms with Crippen LogP contribution < -0.4 is 5.32 Å². The van der Waals surface area contributed by atoms with Crippen LogP contribution in [0.15, 0.2) is 84.9 Å². The summed E-state index contributed by atoms with van der Waals surface area (Å²) in [5, 5.41) is 3.09. The summed E-state index contributed by atoms with van der Waals surface area (Å²) in [5.74, 6) is -0.354. The third-order valence-corrected chi connectivity index (χ3v) is 8.88. The maximum atomic E-state index is 12.9. The molecule has 3 aromatic carbocycles. The molecular formula is C36H45N4O4+. The van der Waals surface area contributed by atoms with E-state index in [4.69, 9.17) is 4.74 Å². The molecule has 8 nitrogen and oxygen atoms in total. The molecule has 0 atom stereocenters. The summed E-state index contributed by atoms with van der Waals surface area (Å²) >= 11 is 0. The van der Waals surface area contributed by atoms with E-state index in [1.54, 1.807) is 24.3 Å². The number of carbonyl (C=O) groups is 3. The number of hydrogen-bond donors (Lipinski definition) is 1. The highest BCUT2D eigenvalue weighted by Gasteiger charge is 2.36. The topological polar surface area (TPSA) is 79.0 Å². The lowest BCUT2D eigenvalue weighted by Gasteiger charge is -2.32. The molecule has 5 rings (SSSR count). The van der Waals surface area contributed by atoms with Crippen LogP contribution in [0.5, 0.6) is 0 Å². The Morgan fingerprint density at radius 2 is 1.32 bits per heavy atom. The first-order valence-electron chi connectivity index (χ1n) is 15.9. The van der Waals surface area contributed by atoms with Crippen LogP contribution in [0.1, 0.15) is 70.0 Å². The van der Waals surface area contributed by atoms with Gasteiger partial charge in [0, 0.05) is 13.1 Å². The number of rotatable bonds is 13. The molecule has 0 unspecified atom stereocenters. The summed E-state index contributed by atoms with van der Waals surface area (Å²) in [7, 11) is 4.34. The summed E-state index contributed by atoms with van der Waals surface area (Å²) in [6.07, 6.45) is 4.60. The quantitative estimate of drug-likeness (QED) is 0.160. The highest BCUT2D eigenvalue weighted by atomic mass is 16.6. The number of unbranched alkanes of at least 4 members (excludes halogenated alkanes) is 2. The Morgan fingerprint density at radius 3 is 1.89 bits per heavy atom. The number of fused-ring (bicyclic) bond motifs is 1. The number of imide groups is 1. The van der Waals surface area contributed by atoms with Crippen LogP contribution in [0.4, 0.5) is 4.79 Å². The molecule has 0 bridgehead atoms. The number of alkyl carbamates (subject to hydrolysis) is 1. The molecule has 0 saturated carbocycles. The normalized spacial score (nSPS) is 15.9. The van der Waals surface area contributed by atoms with Crippen LogP contribution in [-0.2, 0) is 4.74 Å². The van der Waals surface area contributed by atoms with E-state index < -0.39 is 0 Å². The average Bonchev–Trinajstić information content (AvgIpc) is 3.29. The Balaban J connectivity index is 0.970. The monoisotopic (exact) mass is 597 g/mol. The van der Waals surface area contributed by atoms with Crippen molar-refractivity contribution in [2.75, 3.05) is 53.4 Å². The summed E-state index contributed by atoms with van der Waals surface area (Å²) in [4.78, 5) is 42.1. The van der Waals surface area contributed by atoms with Crippen LogP contribution in [0.3, 0.4) is 0 Å². The lowest BCUT2D eigenvalue weighted by molar-refractivity contribution is -0.889. The van der Waals surface area contributed by atoms with Crippen LogP contribution >= 0.6 is 0 Å². The van der Waals surface area contributed by atoms with E-state index in [1.165, 1.54) is 4.90 Å². The molecule has 232 valence electrons. The molecule has 0 spiro atoms. The van der Waals surface area contributed by atoms with E-state index in [9.17, 15) is 14.4 Å². The third-order valence-electron chi connectivity index (χ3n) is 8.88. The standard InChI is InChI=1S/C36H44N4O4/c1-40(2,27-25-39-34(41)31-18-10-11-19-32(31)35(39)42)26-13-5-12-22-38-23-20-30(21-24-38)44-36(43)37-33(28-14-6-3-7-15-28)29-16-8-4-9-17-29/h3-4,6-11,14-19,30,33H,5,12-13,20-27H2,1-2H3/p+1. The lowest BCUT2D eigenvalue weighted by Crippen LogP contribution is -2.47. The number of amides is 3. The number of carbonyl (C=O) groups excluding carboxylic acids is 3. The molecule has 2 aliphatic rings. The van der Waals surface area contributed by atoms with Crippen molar-refractivity contribution in [2.45, 2.75) is 44.2 Å². The Labute approximate surface area is 261 Å². The van der Waals surface area contributed by atoms with Crippen LogP contribution in [0.2, 0.25) is 0 Å². The summed E-state index contributed by atoms with van der Waals surface area (Å²) in [6.45, 7) is 5.09. The SMILES string of the molecule is C[N+](C)(CCCCCN1CCC(OC(=O)NC(c2ccccc2)c2ccccc2)CC1)CCN1C(=O)c2ccccc2C1=O. The summed E-state index contributed by atoms with van der Waals surface area (Å²) in [5.41, 5.74) is 3.08. The zero-order valence-corrected chi connectivity index (χ0v) is 26.0. The molecule has 1 N–H and O–H groups in total. The molecule has 2 aliphatic heterocycles. The van der Waals surface area contributed by atoms with Gasteiger partial charge in [-0.2, -0.15) is 0 Å². The van der Waals surface area contributed by atoms with Gasteiger partial charge < -0.3 is 19.4 Å². The number of piperidine rings is 1. The average molecular weight is 598 g/mol. The Morgan fingerprint density at radius 1 is 0.773 bits per heavy atom. The van der Waals surface area contributed by atoms with Gasteiger partial charge in [-0.15, -0.1) is 0 Å². The Hall–Kier alpha value is -4.01. The van der Waals surface area contributed by atoms with Gasteiger partial charge in [-0.05, 0) is 61.9 Å². The lowest BCUT2D eigenvalue weighted by atomic mass is 9.99. The number of quaternary nitrogens is 1. The fraction of sp³-hybridized carbons (Fsp3) is 0.417. The van der Waals surface area contributed by atoms with Gasteiger partial charge in [0.2, 0.25) is 0 Å². The fourth-order valence-electron chi connectivity index (χ4n) is 6.18. The van der Waals surface area contributed by atoms with Gasteiger partial charge in [-0.3, -0.25) is 14.5 Å². The largest absolute Gasteiger partial charge is 0.446 e. The van der Waals surface area contributed by atoms with Crippen LogP contribution in [0.25, 0.3) is 0 Å². The summed E-state index contributed by atoms with van der Waals surface area (Å²) in [6, 6.07) is 26.8. The zero-order valence-electron chi connectivity index (χ0n) is 26.0.